The summed E-state index contributed by atoms with van der Waals surface area (Å²) in [4.78, 5) is 14.3. The number of rotatable bonds is 7. The molecule has 47 heavy (non-hydrogen) atoms. The third kappa shape index (κ3) is 5.30. The van der Waals surface area contributed by atoms with Crippen LogP contribution < -0.4 is 9.80 Å². The molecule has 1 saturated heterocycles. The molecule has 6 aromatic rings. The number of benzene rings is 4. The third-order valence-electron chi connectivity index (χ3n) is 9.78. The van der Waals surface area contributed by atoms with Crippen LogP contribution >= 0.6 is 0 Å². The van der Waals surface area contributed by atoms with Gasteiger partial charge < -0.3 is 9.80 Å². The molecule has 0 spiro atoms. The molecule has 2 aliphatic rings. The van der Waals surface area contributed by atoms with Crippen molar-refractivity contribution in [2.45, 2.75) is 18.9 Å². The molecule has 3 heterocycles. The number of fused-ring (bicyclic) bond motifs is 1. The summed E-state index contributed by atoms with van der Waals surface area (Å²) in [5.41, 5.74) is 7.61. The van der Waals surface area contributed by atoms with E-state index < -0.39 is 5.54 Å². The highest BCUT2D eigenvalue weighted by molar-refractivity contribution is 5.93. The van der Waals surface area contributed by atoms with Gasteiger partial charge in [-0.3, -0.25) is 4.68 Å². The summed E-state index contributed by atoms with van der Waals surface area (Å²) in [6.07, 6.45) is 15.8. The predicted octanol–water partition coefficient (Wildman–Crippen LogP) is 8.05. The zero-order valence-electron chi connectivity index (χ0n) is 26.7. The van der Waals surface area contributed by atoms with Gasteiger partial charge in [-0.1, -0.05) is 103 Å². The quantitative estimate of drug-likeness (QED) is 0.182. The van der Waals surface area contributed by atoms with Gasteiger partial charge in [0.2, 0.25) is 0 Å². The van der Waals surface area contributed by atoms with Crippen LogP contribution in [0, 0.1) is 12.8 Å². The minimum absolute atomic E-state index is 0.181. The van der Waals surface area contributed by atoms with Crippen molar-refractivity contribution in [3.8, 4) is 11.1 Å². The van der Waals surface area contributed by atoms with E-state index in [4.69, 9.17) is 10.1 Å². The molecule has 1 atom stereocenters. The largest absolute Gasteiger partial charge is 0.368 e. The van der Waals surface area contributed by atoms with Crippen LogP contribution in [0.5, 0.6) is 0 Å². The van der Waals surface area contributed by atoms with Gasteiger partial charge in [0, 0.05) is 54.9 Å². The van der Waals surface area contributed by atoms with E-state index in [1.165, 1.54) is 22.4 Å². The summed E-state index contributed by atoms with van der Waals surface area (Å²) >= 11 is 0. The fraction of sp³-hybridized carbons (Fsp3) is 0.195. The lowest BCUT2D eigenvalue weighted by atomic mass is 9.70. The molecule has 232 valence electrons. The zero-order valence-corrected chi connectivity index (χ0v) is 26.7. The maximum Gasteiger partial charge on any atom is 0.140 e. The molecular weight excluding hydrogens is 576 g/mol. The number of nitrogens with zero attached hydrogens (tertiary/aromatic N) is 6. The predicted molar refractivity (Wildman–Crippen MR) is 192 cm³/mol. The Labute approximate surface area is 276 Å². The first-order valence-corrected chi connectivity index (χ1v) is 16.5. The van der Waals surface area contributed by atoms with Crippen molar-refractivity contribution in [1.29, 1.82) is 0 Å². The number of piperazine rings is 1. The maximum absolute atomic E-state index is 5.14. The van der Waals surface area contributed by atoms with E-state index in [2.05, 4.69) is 160 Å². The van der Waals surface area contributed by atoms with Crippen molar-refractivity contribution < 1.29 is 0 Å². The molecule has 6 nitrogen and oxygen atoms in total. The number of hydrogen-bond acceptors (Lipinski definition) is 5. The smallest absolute Gasteiger partial charge is 0.140 e. The Bertz CT molecular complexity index is 2020. The second-order valence-electron chi connectivity index (χ2n) is 12.6. The first kappa shape index (κ1) is 28.9. The Balaban J connectivity index is 1.17. The van der Waals surface area contributed by atoms with Crippen molar-refractivity contribution in [3.05, 3.63) is 163 Å². The van der Waals surface area contributed by atoms with E-state index in [1.54, 1.807) is 6.33 Å². The highest BCUT2D eigenvalue weighted by atomic mass is 15.3. The minimum Gasteiger partial charge on any atom is -0.368 e. The molecule has 0 amide bonds. The lowest BCUT2D eigenvalue weighted by Gasteiger charge is -2.41. The first-order chi connectivity index (χ1) is 23.2. The molecule has 0 N–H and O–H groups in total. The molecule has 0 radical (unpaired) electrons. The fourth-order valence-electron chi connectivity index (χ4n) is 7.44. The van der Waals surface area contributed by atoms with Crippen molar-refractivity contribution in [1.82, 2.24) is 19.7 Å². The molecule has 8 rings (SSSR count). The second-order valence-corrected chi connectivity index (χ2v) is 12.6. The first-order valence-electron chi connectivity index (χ1n) is 16.5. The van der Waals surface area contributed by atoms with Gasteiger partial charge in [0.1, 0.15) is 17.7 Å². The molecule has 1 fully saturated rings. The van der Waals surface area contributed by atoms with Gasteiger partial charge in [-0.05, 0) is 59.9 Å². The molecule has 0 saturated carbocycles. The summed E-state index contributed by atoms with van der Waals surface area (Å²) in [6, 6.07) is 36.9. The molecular formula is C41H38N6. The van der Waals surface area contributed by atoms with E-state index in [0.29, 0.717) is 0 Å². The van der Waals surface area contributed by atoms with E-state index in [9.17, 15) is 0 Å². The van der Waals surface area contributed by atoms with E-state index >= 15 is 0 Å². The SMILES string of the molecule is Cc1cccc(N2CCN(c3ncnc4ccc(-c5cnn(C(c6ccccc6)(c6ccccc6)C6C=CC=CC6)c5)cc34)CC2)c1. The highest BCUT2D eigenvalue weighted by Crippen LogP contribution is 2.44. The second kappa shape index (κ2) is 12.4. The van der Waals surface area contributed by atoms with E-state index in [0.717, 1.165) is 60.4 Å². The zero-order chi connectivity index (χ0) is 31.6. The molecule has 0 bridgehead atoms. The topological polar surface area (TPSA) is 50.1 Å². The Morgan fingerprint density at radius 3 is 2.15 bits per heavy atom. The van der Waals surface area contributed by atoms with E-state index in [1.807, 2.05) is 6.20 Å². The molecule has 1 aliphatic heterocycles. The van der Waals surface area contributed by atoms with Crippen LogP contribution in [-0.2, 0) is 5.54 Å². The van der Waals surface area contributed by atoms with Gasteiger partial charge in [-0.2, -0.15) is 5.10 Å². The summed E-state index contributed by atoms with van der Waals surface area (Å²) in [5, 5.41) is 6.21. The van der Waals surface area contributed by atoms with Crippen LogP contribution in [0.2, 0.25) is 0 Å². The van der Waals surface area contributed by atoms with Gasteiger partial charge in [0.25, 0.3) is 0 Å². The lowest BCUT2D eigenvalue weighted by molar-refractivity contribution is 0.293. The van der Waals surface area contributed by atoms with E-state index in [-0.39, 0.29) is 5.92 Å². The average molecular weight is 615 g/mol. The van der Waals surface area contributed by atoms with Gasteiger partial charge in [0.05, 0.1) is 11.7 Å². The van der Waals surface area contributed by atoms with Crippen LogP contribution in [0.4, 0.5) is 11.5 Å². The summed E-state index contributed by atoms with van der Waals surface area (Å²) < 4.78 is 2.19. The number of aryl methyl sites for hydroxylation is 1. The molecule has 2 aromatic heterocycles. The number of hydrogen-bond donors (Lipinski definition) is 0. The number of anilines is 2. The lowest BCUT2D eigenvalue weighted by Crippen LogP contribution is -2.47. The van der Waals surface area contributed by atoms with Crippen LogP contribution in [0.15, 0.2) is 146 Å². The number of aromatic nitrogens is 4. The molecule has 1 unspecified atom stereocenters. The monoisotopic (exact) mass is 614 g/mol. The van der Waals surface area contributed by atoms with Crippen molar-refractivity contribution in [2.75, 3.05) is 36.0 Å². The van der Waals surface area contributed by atoms with Crippen molar-refractivity contribution in [3.63, 3.8) is 0 Å². The minimum atomic E-state index is -0.524. The molecule has 4 aromatic carbocycles. The average Bonchev–Trinajstić information content (AvgIpc) is 3.64. The van der Waals surface area contributed by atoms with Crippen LogP contribution in [0.25, 0.3) is 22.0 Å². The highest BCUT2D eigenvalue weighted by Gasteiger charge is 2.43. The Kier molecular flexibility index (Phi) is 7.62. The maximum atomic E-state index is 5.14. The Hall–Kier alpha value is -5.49. The van der Waals surface area contributed by atoms with Crippen LogP contribution in [0.1, 0.15) is 23.1 Å². The number of allylic oxidation sites excluding steroid dienone is 4. The summed E-state index contributed by atoms with van der Waals surface area (Å²) in [6.45, 7) is 5.87. The van der Waals surface area contributed by atoms with Gasteiger partial charge in [0.15, 0.2) is 0 Å². The third-order valence-corrected chi connectivity index (χ3v) is 9.78. The fourth-order valence-corrected chi connectivity index (χ4v) is 7.44. The Morgan fingerprint density at radius 2 is 1.45 bits per heavy atom. The van der Waals surface area contributed by atoms with Crippen LogP contribution in [0.3, 0.4) is 0 Å². The summed E-state index contributed by atoms with van der Waals surface area (Å²) in [5.74, 6) is 1.18. The van der Waals surface area contributed by atoms with Crippen LogP contribution in [-0.4, -0.2) is 45.9 Å². The molecule has 1 aliphatic carbocycles. The van der Waals surface area contributed by atoms with Crippen molar-refractivity contribution in [2.24, 2.45) is 5.92 Å². The standard InChI is InChI=1S/C41H38N6/c1-31-12-11-19-37(26-31)45-22-24-46(25-23-45)40-38-27-32(20-21-39(38)42-30-43-40)33-28-44-47(29-33)41(34-13-5-2-6-14-34,35-15-7-3-8-16-35)36-17-9-4-10-18-36/h2-17,19-21,26-30,36H,18,22-25H2,1H3. The molecule has 6 heteroatoms. The van der Waals surface area contributed by atoms with Gasteiger partial charge >= 0.3 is 0 Å². The summed E-state index contributed by atoms with van der Waals surface area (Å²) in [7, 11) is 0. The van der Waals surface area contributed by atoms with Gasteiger partial charge in [-0.25, -0.2) is 9.97 Å². The van der Waals surface area contributed by atoms with Gasteiger partial charge in [-0.15, -0.1) is 0 Å². The Morgan fingerprint density at radius 1 is 0.702 bits per heavy atom. The van der Waals surface area contributed by atoms with Crippen molar-refractivity contribution >= 4 is 22.4 Å². The normalized spacial score (nSPS) is 16.6.